The third kappa shape index (κ3) is 2.88. The highest BCUT2D eigenvalue weighted by Gasteiger charge is 2.39. The third-order valence-electron chi connectivity index (χ3n) is 4.63. The van der Waals surface area contributed by atoms with Crippen LogP contribution in [0.15, 0.2) is 24.3 Å². The Morgan fingerprint density at radius 1 is 1.20 bits per heavy atom. The van der Waals surface area contributed by atoms with Crippen molar-refractivity contribution in [3.05, 3.63) is 35.4 Å². The average molecular weight is 272 g/mol. The highest BCUT2D eigenvalue weighted by atomic mass is 16.2. The smallest absolute Gasteiger partial charge is 0.227 e. The fraction of sp³-hybridized carbons (Fsp3) is 0.588. The first-order valence-electron chi connectivity index (χ1n) is 7.77. The minimum Gasteiger partial charge on any atom is -0.335 e. The van der Waals surface area contributed by atoms with Crippen molar-refractivity contribution in [2.45, 2.75) is 57.7 Å². The number of carbonyl (C=O) groups is 1. The van der Waals surface area contributed by atoms with E-state index in [1.165, 1.54) is 11.1 Å². The summed E-state index contributed by atoms with van der Waals surface area (Å²) < 4.78 is 0. The number of nitrogens with two attached hydrogens (primary N) is 1. The molecule has 0 aromatic heterocycles. The maximum atomic E-state index is 12.8. The van der Waals surface area contributed by atoms with Crippen LogP contribution in [0.3, 0.4) is 0 Å². The normalized spacial score (nSPS) is 25.7. The maximum absolute atomic E-state index is 12.8. The minimum atomic E-state index is 0.0565. The number of aryl methyl sites for hydroxylation is 1. The van der Waals surface area contributed by atoms with Crippen LogP contribution in [0, 0.1) is 12.8 Å². The van der Waals surface area contributed by atoms with Crippen molar-refractivity contribution < 1.29 is 4.79 Å². The summed E-state index contributed by atoms with van der Waals surface area (Å²) in [5.41, 5.74) is 8.59. The molecule has 2 saturated carbocycles. The average Bonchev–Trinajstić information content (AvgIpc) is 3.19. The highest BCUT2D eigenvalue weighted by Crippen LogP contribution is 2.33. The first-order valence-corrected chi connectivity index (χ1v) is 7.77. The monoisotopic (exact) mass is 272 g/mol. The van der Waals surface area contributed by atoms with E-state index in [-0.39, 0.29) is 17.9 Å². The van der Waals surface area contributed by atoms with Crippen molar-refractivity contribution in [3.8, 4) is 0 Å². The molecule has 1 amide bonds. The van der Waals surface area contributed by atoms with E-state index in [9.17, 15) is 4.79 Å². The predicted molar refractivity (Wildman–Crippen MR) is 80.1 cm³/mol. The van der Waals surface area contributed by atoms with E-state index in [2.05, 4.69) is 36.1 Å². The molecule has 0 radical (unpaired) electrons. The Bertz CT molecular complexity index is 478. The first kappa shape index (κ1) is 13.6. The number of hydrogen-bond donors (Lipinski definition) is 1. The van der Waals surface area contributed by atoms with Gasteiger partial charge in [0.1, 0.15) is 0 Å². The molecule has 0 saturated heterocycles. The molecule has 20 heavy (non-hydrogen) atoms. The molecule has 2 unspecified atom stereocenters. The standard InChI is InChI=1S/C17H24N2O/c1-12-5-7-13(8-6-12)11-19(14-9-10-14)17(20)15-3-2-4-16(15)18/h5-8,14-16H,2-4,9-11,18H2,1H3. The van der Waals surface area contributed by atoms with Crippen molar-refractivity contribution in [1.82, 2.24) is 4.90 Å². The summed E-state index contributed by atoms with van der Waals surface area (Å²) in [7, 11) is 0. The van der Waals surface area contributed by atoms with Crippen LogP contribution < -0.4 is 5.73 Å². The van der Waals surface area contributed by atoms with Gasteiger partial charge in [0.15, 0.2) is 0 Å². The van der Waals surface area contributed by atoms with Crippen LogP contribution in [-0.4, -0.2) is 22.9 Å². The van der Waals surface area contributed by atoms with Crippen LogP contribution in [0.5, 0.6) is 0 Å². The second kappa shape index (κ2) is 5.57. The number of benzene rings is 1. The van der Waals surface area contributed by atoms with E-state index >= 15 is 0 Å². The quantitative estimate of drug-likeness (QED) is 0.916. The zero-order valence-electron chi connectivity index (χ0n) is 12.2. The molecule has 3 rings (SSSR count). The summed E-state index contributed by atoms with van der Waals surface area (Å²) >= 11 is 0. The molecule has 2 N–H and O–H groups in total. The molecule has 2 fully saturated rings. The SMILES string of the molecule is Cc1ccc(CN(C(=O)C2CCCC2N)C2CC2)cc1. The Labute approximate surface area is 121 Å². The molecule has 108 valence electrons. The van der Waals surface area contributed by atoms with Gasteiger partial charge in [0.05, 0.1) is 5.92 Å². The number of amides is 1. The Morgan fingerprint density at radius 3 is 2.45 bits per heavy atom. The van der Waals surface area contributed by atoms with Gasteiger partial charge in [0, 0.05) is 18.6 Å². The summed E-state index contributed by atoms with van der Waals surface area (Å²) in [6.07, 6.45) is 5.37. The maximum Gasteiger partial charge on any atom is 0.227 e. The summed E-state index contributed by atoms with van der Waals surface area (Å²) in [6.45, 7) is 2.83. The van der Waals surface area contributed by atoms with E-state index in [0.29, 0.717) is 6.04 Å². The van der Waals surface area contributed by atoms with Crippen LogP contribution in [0.2, 0.25) is 0 Å². The molecule has 0 bridgehead atoms. The van der Waals surface area contributed by atoms with Crippen molar-refractivity contribution in [3.63, 3.8) is 0 Å². The van der Waals surface area contributed by atoms with Gasteiger partial charge >= 0.3 is 0 Å². The van der Waals surface area contributed by atoms with Crippen LogP contribution in [0.1, 0.15) is 43.2 Å². The van der Waals surface area contributed by atoms with Gasteiger partial charge < -0.3 is 10.6 Å². The molecule has 0 spiro atoms. The minimum absolute atomic E-state index is 0.0565. The van der Waals surface area contributed by atoms with E-state index in [4.69, 9.17) is 5.73 Å². The Morgan fingerprint density at radius 2 is 1.90 bits per heavy atom. The van der Waals surface area contributed by atoms with Crippen LogP contribution in [0.25, 0.3) is 0 Å². The molecule has 3 heteroatoms. The van der Waals surface area contributed by atoms with E-state index < -0.39 is 0 Å². The fourth-order valence-electron chi connectivity index (χ4n) is 3.17. The van der Waals surface area contributed by atoms with Gasteiger partial charge in [-0.25, -0.2) is 0 Å². The number of rotatable bonds is 4. The zero-order chi connectivity index (χ0) is 14.1. The second-order valence-electron chi connectivity index (χ2n) is 6.38. The number of carbonyl (C=O) groups excluding carboxylic acids is 1. The first-order chi connectivity index (χ1) is 9.65. The van der Waals surface area contributed by atoms with E-state index in [0.717, 1.165) is 38.6 Å². The molecule has 2 atom stereocenters. The zero-order valence-corrected chi connectivity index (χ0v) is 12.2. The van der Waals surface area contributed by atoms with Gasteiger partial charge in [0.25, 0.3) is 0 Å². The van der Waals surface area contributed by atoms with Gasteiger partial charge in [-0.3, -0.25) is 4.79 Å². The Balaban J connectivity index is 1.72. The fourth-order valence-corrected chi connectivity index (χ4v) is 3.17. The summed E-state index contributed by atoms with van der Waals surface area (Å²) in [4.78, 5) is 14.8. The lowest BCUT2D eigenvalue weighted by Crippen LogP contribution is -2.42. The van der Waals surface area contributed by atoms with E-state index in [1.807, 2.05) is 0 Å². The molecule has 1 aromatic carbocycles. The largest absolute Gasteiger partial charge is 0.335 e. The molecular formula is C17H24N2O. The number of hydrogen-bond acceptors (Lipinski definition) is 2. The van der Waals surface area contributed by atoms with Crippen LogP contribution in [0.4, 0.5) is 0 Å². The molecule has 2 aliphatic carbocycles. The lowest BCUT2D eigenvalue weighted by atomic mass is 10.0. The lowest BCUT2D eigenvalue weighted by molar-refractivity contribution is -0.137. The molecule has 1 aromatic rings. The van der Waals surface area contributed by atoms with Crippen molar-refractivity contribution in [1.29, 1.82) is 0 Å². The third-order valence-corrected chi connectivity index (χ3v) is 4.63. The van der Waals surface area contributed by atoms with E-state index in [1.54, 1.807) is 0 Å². The Kier molecular flexibility index (Phi) is 3.79. The molecule has 2 aliphatic rings. The predicted octanol–water partition coefficient (Wildman–Crippen LogP) is 2.61. The van der Waals surface area contributed by atoms with Crippen molar-refractivity contribution in [2.24, 2.45) is 11.7 Å². The van der Waals surface area contributed by atoms with Gasteiger partial charge in [-0.1, -0.05) is 36.2 Å². The topological polar surface area (TPSA) is 46.3 Å². The highest BCUT2D eigenvalue weighted by molar-refractivity contribution is 5.80. The van der Waals surface area contributed by atoms with Crippen LogP contribution in [-0.2, 0) is 11.3 Å². The molecular weight excluding hydrogens is 248 g/mol. The van der Waals surface area contributed by atoms with Crippen molar-refractivity contribution >= 4 is 5.91 Å². The number of nitrogens with zero attached hydrogens (tertiary/aromatic N) is 1. The lowest BCUT2D eigenvalue weighted by Gasteiger charge is -2.27. The Hall–Kier alpha value is -1.35. The van der Waals surface area contributed by atoms with Gasteiger partial charge in [-0.15, -0.1) is 0 Å². The summed E-state index contributed by atoms with van der Waals surface area (Å²) in [5, 5.41) is 0. The summed E-state index contributed by atoms with van der Waals surface area (Å²) in [5.74, 6) is 0.346. The van der Waals surface area contributed by atoms with Crippen molar-refractivity contribution in [2.75, 3.05) is 0 Å². The van der Waals surface area contributed by atoms with Gasteiger partial charge in [-0.2, -0.15) is 0 Å². The molecule has 0 aliphatic heterocycles. The van der Waals surface area contributed by atoms with Crippen LogP contribution >= 0.6 is 0 Å². The molecule has 0 heterocycles. The van der Waals surface area contributed by atoms with Gasteiger partial charge in [0.2, 0.25) is 5.91 Å². The van der Waals surface area contributed by atoms with Gasteiger partial charge in [-0.05, 0) is 38.2 Å². The summed E-state index contributed by atoms with van der Waals surface area (Å²) in [6, 6.07) is 9.02. The second-order valence-corrected chi connectivity index (χ2v) is 6.38. The molecule has 3 nitrogen and oxygen atoms in total.